The number of ether oxygens (including phenoxy) is 1. The Hall–Kier alpha value is -3.74. The van der Waals surface area contributed by atoms with Crippen molar-refractivity contribution in [2.24, 2.45) is 0 Å². The average Bonchev–Trinajstić information content (AvgIpc) is 3.31. The summed E-state index contributed by atoms with van der Waals surface area (Å²) >= 11 is 0. The molecule has 2 N–H and O–H groups in total. The molecule has 0 aliphatic carbocycles. The van der Waals surface area contributed by atoms with Gasteiger partial charge in [0.15, 0.2) is 0 Å². The standard InChI is InChI=1S/C19H14N6O/c1-26-13-4-12(7-21-8-13)15-6-14-18(10-22-15)24-25-19(14)16-5-11-2-3-20-9-17(11)23-16/h2-10,23H,1H3,(H,24,25). The molecule has 0 radical (unpaired) electrons. The third-order valence-corrected chi connectivity index (χ3v) is 4.37. The Labute approximate surface area is 148 Å². The van der Waals surface area contributed by atoms with Gasteiger partial charge in [0.25, 0.3) is 0 Å². The van der Waals surface area contributed by atoms with Crippen molar-refractivity contribution in [3.05, 3.63) is 55.2 Å². The smallest absolute Gasteiger partial charge is 0.137 e. The fourth-order valence-corrected chi connectivity index (χ4v) is 3.05. The maximum atomic E-state index is 5.26. The van der Waals surface area contributed by atoms with Crippen LogP contribution < -0.4 is 4.74 Å². The maximum Gasteiger partial charge on any atom is 0.137 e. The Morgan fingerprint density at radius 3 is 2.81 bits per heavy atom. The molecular formula is C19H14N6O. The van der Waals surface area contributed by atoms with Gasteiger partial charge in [0.2, 0.25) is 0 Å². The number of hydrogen-bond donors (Lipinski definition) is 2. The minimum absolute atomic E-state index is 0.694. The van der Waals surface area contributed by atoms with Crippen LogP contribution in [0.3, 0.4) is 0 Å². The predicted octanol–water partition coefficient (Wildman–Crippen LogP) is 3.57. The van der Waals surface area contributed by atoms with E-state index < -0.39 is 0 Å². The van der Waals surface area contributed by atoms with E-state index in [0.717, 1.165) is 44.5 Å². The van der Waals surface area contributed by atoms with Crippen molar-refractivity contribution < 1.29 is 4.74 Å². The normalized spacial score (nSPS) is 11.3. The Balaban J connectivity index is 1.67. The number of aromatic amines is 2. The molecular weight excluding hydrogens is 328 g/mol. The van der Waals surface area contributed by atoms with E-state index in [1.54, 1.807) is 31.9 Å². The van der Waals surface area contributed by atoms with Crippen LogP contribution in [0.4, 0.5) is 0 Å². The molecule has 0 saturated heterocycles. The zero-order valence-electron chi connectivity index (χ0n) is 13.9. The summed E-state index contributed by atoms with van der Waals surface area (Å²) in [7, 11) is 1.62. The third-order valence-electron chi connectivity index (χ3n) is 4.37. The Morgan fingerprint density at radius 2 is 1.92 bits per heavy atom. The Morgan fingerprint density at radius 1 is 0.962 bits per heavy atom. The lowest BCUT2D eigenvalue weighted by molar-refractivity contribution is 0.413. The zero-order valence-corrected chi connectivity index (χ0v) is 13.9. The molecule has 0 spiro atoms. The van der Waals surface area contributed by atoms with E-state index in [2.05, 4.69) is 36.2 Å². The van der Waals surface area contributed by atoms with Crippen LogP contribution in [0.15, 0.2) is 55.2 Å². The lowest BCUT2D eigenvalue weighted by Gasteiger charge is -2.04. The van der Waals surface area contributed by atoms with Crippen LogP contribution >= 0.6 is 0 Å². The van der Waals surface area contributed by atoms with Gasteiger partial charge >= 0.3 is 0 Å². The fourth-order valence-electron chi connectivity index (χ4n) is 3.05. The first-order valence-corrected chi connectivity index (χ1v) is 8.08. The molecule has 5 rings (SSSR count). The van der Waals surface area contributed by atoms with Gasteiger partial charge in [-0.2, -0.15) is 5.10 Å². The van der Waals surface area contributed by atoms with Crippen molar-refractivity contribution >= 4 is 21.8 Å². The van der Waals surface area contributed by atoms with Gasteiger partial charge in [0.1, 0.15) is 11.4 Å². The van der Waals surface area contributed by atoms with Gasteiger partial charge in [-0.1, -0.05) is 0 Å². The highest BCUT2D eigenvalue weighted by Gasteiger charge is 2.13. The number of pyridine rings is 3. The number of rotatable bonds is 3. The van der Waals surface area contributed by atoms with Crippen LogP contribution in [-0.4, -0.2) is 37.2 Å². The third kappa shape index (κ3) is 2.29. The molecule has 0 bridgehead atoms. The summed E-state index contributed by atoms with van der Waals surface area (Å²) < 4.78 is 5.26. The summed E-state index contributed by atoms with van der Waals surface area (Å²) in [4.78, 5) is 16.2. The van der Waals surface area contributed by atoms with E-state index in [1.165, 1.54) is 0 Å². The number of nitrogens with one attached hydrogen (secondary N) is 2. The second kappa shape index (κ2) is 5.66. The first-order chi connectivity index (χ1) is 12.8. The number of aromatic nitrogens is 6. The molecule has 0 saturated carbocycles. The topological polar surface area (TPSA) is 92.4 Å². The Bertz CT molecular complexity index is 1210. The molecule has 0 amide bonds. The summed E-state index contributed by atoms with van der Waals surface area (Å²) in [5.74, 6) is 0.694. The summed E-state index contributed by atoms with van der Waals surface area (Å²) in [5, 5.41) is 9.59. The molecule has 0 fully saturated rings. The zero-order chi connectivity index (χ0) is 17.5. The van der Waals surface area contributed by atoms with Gasteiger partial charge in [0.05, 0.1) is 48.1 Å². The quantitative estimate of drug-likeness (QED) is 0.523. The van der Waals surface area contributed by atoms with Gasteiger partial charge < -0.3 is 9.72 Å². The summed E-state index contributed by atoms with van der Waals surface area (Å²) in [5.41, 5.74) is 5.32. The number of fused-ring (bicyclic) bond motifs is 2. The highest BCUT2D eigenvalue weighted by molar-refractivity contribution is 5.96. The van der Waals surface area contributed by atoms with Crippen LogP contribution in [0.1, 0.15) is 0 Å². The van der Waals surface area contributed by atoms with Crippen molar-refractivity contribution in [1.82, 2.24) is 30.1 Å². The van der Waals surface area contributed by atoms with E-state index >= 15 is 0 Å². The lowest BCUT2D eigenvalue weighted by Crippen LogP contribution is -1.88. The summed E-state index contributed by atoms with van der Waals surface area (Å²) in [6.07, 6.45) is 8.81. The molecule has 0 aromatic carbocycles. The SMILES string of the molecule is COc1cncc(-c2cc3c(-c4cc5ccncc5[nH]4)n[nH]c3cn2)c1. The molecule has 26 heavy (non-hydrogen) atoms. The largest absolute Gasteiger partial charge is 0.495 e. The van der Waals surface area contributed by atoms with Crippen molar-refractivity contribution in [2.45, 2.75) is 0 Å². The molecule has 7 heteroatoms. The van der Waals surface area contributed by atoms with Crippen LogP contribution in [0.2, 0.25) is 0 Å². The van der Waals surface area contributed by atoms with Gasteiger partial charge in [-0.25, -0.2) is 0 Å². The maximum absolute atomic E-state index is 5.26. The fraction of sp³-hybridized carbons (Fsp3) is 0.0526. The van der Waals surface area contributed by atoms with E-state index in [-0.39, 0.29) is 0 Å². The van der Waals surface area contributed by atoms with E-state index in [0.29, 0.717) is 5.75 Å². The second-order valence-electron chi connectivity index (χ2n) is 5.95. The molecule has 0 atom stereocenters. The van der Waals surface area contributed by atoms with E-state index in [9.17, 15) is 0 Å². The monoisotopic (exact) mass is 342 g/mol. The Kier molecular flexibility index (Phi) is 3.18. The van der Waals surface area contributed by atoms with E-state index in [4.69, 9.17) is 4.74 Å². The van der Waals surface area contributed by atoms with Crippen molar-refractivity contribution in [3.63, 3.8) is 0 Å². The molecule has 7 nitrogen and oxygen atoms in total. The van der Waals surface area contributed by atoms with Crippen molar-refractivity contribution in [2.75, 3.05) is 7.11 Å². The molecule has 5 aromatic rings. The second-order valence-corrected chi connectivity index (χ2v) is 5.95. The number of hydrogen-bond acceptors (Lipinski definition) is 5. The number of methoxy groups -OCH3 is 1. The van der Waals surface area contributed by atoms with Crippen LogP contribution in [0.25, 0.3) is 44.5 Å². The minimum atomic E-state index is 0.694. The lowest BCUT2D eigenvalue weighted by atomic mass is 10.1. The minimum Gasteiger partial charge on any atom is -0.495 e. The summed E-state index contributed by atoms with van der Waals surface area (Å²) in [6, 6.07) is 7.96. The highest BCUT2D eigenvalue weighted by Crippen LogP contribution is 2.30. The number of nitrogens with zero attached hydrogens (tertiary/aromatic N) is 4. The molecule has 126 valence electrons. The van der Waals surface area contributed by atoms with Crippen LogP contribution in [0.5, 0.6) is 5.75 Å². The average molecular weight is 342 g/mol. The van der Waals surface area contributed by atoms with Gasteiger partial charge in [-0.15, -0.1) is 0 Å². The molecule has 0 aliphatic heterocycles. The van der Waals surface area contributed by atoms with Crippen LogP contribution in [-0.2, 0) is 0 Å². The molecule has 5 aromatic heterocycles. The van der Waals surface area contributed by atoms with E-state index in [1.807, 2.05) is 24.4 Å². The first kappa shape index (κ1) is 14.6. The predicted molar refractivity (Wildman–Crippen MR) is 98.8 cm³/mol. The van der Waals surface area contributed by atoms with Gasteiger partial charge in [-0.3, -0.25) is 20.1 Å². The van der Waals surface area contributed by atoms with Gasteiger partial charge in [0, 0.05) is 28.7 Å². The highest BCUT2D eigenvalue weighted by atomic mass is 16.5. The van der Waals surface area contributed by atoms with Gasteiger partial charge in [-0.05, 0) is 24.3 Å². The first-order valence-electron chi connectivity index (χ1n) is 8.08. The molecule has 5 heterocycles. The molecule has 0 unspecified atom stereocenters. The van der Waals surface area contributed by atoms with Crippen molar-refractivity contribution in [3.8, 4) is 28.4 Å². The van der Waals surface area contributed by atoms with Crippen LogP contribution in [0, 0.1) is 0 Å². The van der Waals surface area contributed by atoms with Crippen molar-refractivity contribution in [1.29, 1.82) is 0 Å². The summed E-state index contributed by atoms with van der Waals surface area (Å²) in [6.45, 7) is 0. The number of H-pyrrole nitrogens is 2. The molecule has 0 aliphatic rings.